The SMILES string of the molecule is CC(C)OC(=O)[C@H]1[C@@H](C(=O)c2ccccc2)[C@@H]1c1ccc([N+](=O)[O-])cc1. The number of nitrogens with zero attached hydrogens (tertiary/aromatic N) is 1. The highest BCUT2D eigenvalue weighted by molar-refractivity contribution is 6.04. The Morgan fingerprint density at radius 1 is 1.00 bits per heavy atom. The molecular weight excluding hydrogens is 334 g/mol. The largest absolute Gasteiger partial charge is 0.463 e. The quantitative estimate of drug-likeness (QED) is 0.341. The lowest BCUT2D eigenvalue weighted by Gasteiger charge is -2.07. The van der Waals surface area contributed by atoms with Crippen LogP contribution in [0.25, 0.3) is 0 Å². The van der Waals surface area contributed by atoms with Crippen LogP contribution < -0.4 is 0 Å². The van der Waals surface area contributed by atoms with Crippen LogP contribution in [-0.4, -0.2) is 22.8 Å². The Labute approximate surface area is 150 Å². The molecule has 3 atom stereocenters. The summed E-state index contributed by atoms with van der Waals surface area (Å²) in [6, 6.07) is 14.8. The highest BCUT2D eigenvalue weighted by Crippen LogP contribution is 2.56. The van der Waals surface area contributed by atoms with Gasteiger partial charge in [0.15, 0.2) is 5.78 Å². The van der Waals surface area contributed by atoms with Gasteiger partial charge < -0.3 is 4.74 Å². The van der Waals surface area contributed by atoms with Crippen LogP contribution in [-0.2, 0) is 9.53 Å². The number of carbonyl (C=O) groups is 2. The monoisotopic (exact) mass is 353 g/mol. The number of rotatable bonds is 6. The Morgan fingerprint density at radius 3 is 2.15 bits per heavy atom. The predicted molar refractivity (Wildman–Crippen MR) is 94.8 cm³/mol. The summed E-state index contributed by atoms with van der Waals surface area (Å²) < 4.78 is 5.30. The maximum absolute atomic E-state index is 12.9. The molecule has 0 spiro atoms. The molecule has 0 N–H and O–H groups in total. The summed E-state index contributed by atoms with van der Waals surface area (Å²) in [5.41, 5.74) is 1.25. The fourth-order valence-electron chi connectivity index (χ4n) is 3.27. The standard InChI is InChI=1S/C20H19NO5/c1-12(2)26-20(23)18-16(13-8-10-15(11-9-13)21(24)25)17(18)19(22)14-6-4-3-5-7-14/h3-12,16-18H,1-2H3/t16-,17-,18+/m0/s1. The number of esters is 1. The third kappa shape index (κ3) is 3.49. The van der Waals surface area contributed by atoms with Crippen LogP contribution in [0, 0.1) is 22.0 Å². The highest BCUT2D eigenvalue weighted by atomic mass is 16.6. The van der Waals surface area contributed by atoms with Crippen LogP contribution in [0.15, 0.2) is 54.6 Å². The number of hydrogen-bond donors (Lipinski definition) is 0. The zero-order valence-corrected chi connectivity index (χ0v) is 14.5. The van der Waals surface area contributed by atoms with E-state index in [1.165, 1.54) is 12.1 Å². The molecule has 26 heavy (non-hydrogen) atoms. The van der Waals surface area contributed by atoms with Gasteiger partial charge in [0.25, 0.3) is 5.69 Å². The molecule has 1 aliphatic carbocycles. The maximum atomic E-state index is 12.9. The number of nitro benzene ring substituents is 1. The van der Waals surface area contributed by atoms with E-state index >= 15 is 0 Å². The maximum Gasteiger partial charge on any atom is 0.310 e. The zero-order chi connectivity index (χ0) is 18.8. The topological polar surface area (TPSA) is 86.5 Å². The number of ether oxygens (including phenoxy) is 1. The van der Waals surface area contributed by atoms with Gasteiger partial charge in [0.05, 0.1) is 16.9 Å². The number of ketones is 1. The van der Waals surface area contributed by atoms with Gasteiger partial charge in [0.2, 0.25) is 0 Å². The number of hydrogen-bond acceptors (Lipinski definition) is 5. The molecule has 6 heteroatoms. The Balaban J connectivity index is 1.88. The van der Waals surface area contributed by atoms with Gasteiger partial charge in [-0.05, 0) is 19.4 Å². The number of carbonyl (C=O) groups excluding carboxylic acids is 2. The van der Waals surface area contributed by atoms with Crippen LogP contribution in [0.1, 0.15) is 35.7 Å². The van der Waals surface area contributed by atoms with Crippen molar-refractivity contribution < 1.29 is 19.2 Å². The second kappa shape index (κ2) is 7.07. The van der Waals surface area contributed by atoms with Crippen LogP contribution >= 0.6 is 0 Å². The molecule has 0 aliphatic heterocycles. The van der Waals surface area contributed by atoms with Crippen molar-refractivity contribution in [1.29, 1.82) is 0 Å². The van der Waals surface area contributed by atoms with E-state index in [-0.39, 0.29) is 23.5 Å². The van der Waals surface area contributed by atoms with E-state index < -0.39 is 22.7 Å². The van der Waals surface area contributed by atoms with Gasteiger partial charge in [-0.3, -0.25) is 19.7 Å². The molecule has 1 saturated carbocycles. The zero-order valence-electron chi connectivity index (χ0n) is 14.5. The van der Waals surface area contributed by atoms with E-state index in [4.69, 9.17) is 4.74 Å². The van der Waals surface area contributed by atoms with Crippen molar-refractivity contribution in [2.24, 2.45) is 11.8 Å². The molecule has 0 heterocycles. The summed E-state index contributed by atoms with van der Waals surface area (Å²) in [6.07, 6.45) is -0.270. The van der Waals surface area contributed by atoms with E-state index in [1.807, 2.05) is 6.07 Å². The fourth-order valence-corrected chi connectivity index (χ4v) is 3.27. The van der Waals surface area contributed by atoms with E-state index in [2.05, 4.69) is 0 Å². The number of non-ortho nitro benzene ring substituents is 1. The van der Waals surface area contributed by atoms with Crippen LogP contribution in [0.3, 0.4) is 0 Å². The Hall–Kier alpha value is -3.02. The Bertz CT molecular complexity index is 829. The number of Topliss-reactive ketones (excluding diaryl/α,β-unsaturated/α-hetero) is 1. The Morgan fingerprint density at radius 2 is 1.62 bits per heavy atom. The van der Waals surface area contributed by atoms with Gasteiger partial charge in [-0.25, -0.2) is 0 Å². The molecule has 0 unspecified atom stereocenters. The van der Waals surface area contributed by atoms with E-state index in [1.54, 1.807) is 50.2 Å². The molecule has 2 aromatic rings. The second-order valence-electron chi connectivity index (χ2n) is 6.64. The summed E-state index contributed by atoms with van der Waals surface area (Å²) in [4.78, 5) is 35.6. The third-order valence-corrected chi connectivity index (χ3v) is 4.49. The van der Waals surface area contributed by atoms with Crippen molar-refractivity contribution >= 4 is 17.4 Å². The lowest BCUT2D eigenvalue weighted by molar-refractivity contribution is -0.384. The van der Waals surface area contributed by atoms with E-state index in [0.29, 0.717) is 5.56 Å². The minimum absolute atomic E-state index is 0.0263. The van der Waals surface area contributed by atoms with Crippen molar-refractivity contribution in [2.45, 2.75) is 25.9 Å². The summed E-state index contributed by atoms with van der Waals surface area (Å²) in [7, 11) is 0. The highest BCUT2D eigenvalue weighted by Gasteiger charge is 2.60. The number of nitro groups is 1. The van der Waals surface area contributed by atoms with Crippen molar-refractivity contribution in [3.8, 4) is 0 Å². The first-order valence-corrected chi connectivity index (χ1v) is 8.44. The van der Waals surface area contributed by atoms with Crippen LogP contribution in [0.4, 0.5) is 5.69 Å². The molecule has 2 aromatic carbocycles. The van der Waals surface area contributed by atoms with Gasteiger partial charge in [-0.1, -0.05) is 42.5 Å². The first-order chi connectivity index (χ1) is 12.4. The van der Waals surface area contributed by atoms with Crippen molar-refractivity contribution in [3.63, 3.8) is 0 Å². The molecule has 0 aromatic heterocycles. The van der Waals surface area contributed by atoms with Gasteiger partial charge in [-0.2, -0.15) is 0 Å². The van der Waals surface area contributed by atoms with Crippen molar-refractivity contribution in [1.82, 2.24) is 0 Å². The van der Waals surface area contributed by atoms with E-state index in [0.717, 1.165) is 5.56 Å². The smallest absolute Gasteiger partial charge is 0.310 e. The van der Waals surface area contributed by atoms with Crippen LogP contribution in [0.2, 0.25) is 0 Å². The van der Waals surface area contributed by atoms with Crippen LogP contribution in [0.5, 0.6) is 0 Å². The second-order valence-corrected chi connectivity index (χ2v) is 6.64. The molecule has 0 radical (unpaired) electrons. The normalized spacial score (nSPS) is 21.3. The van der Waals surface area contributed by atoms with E-state index in [9.17, 15) is 19.7 Å². The molecule has 0 amide bonds. The molecule has 134 valence electrons. The molecule has 0 saturated heterocycles. The minimum atomic E-state index is -0.563. The summed E-state index contributed by atoms with van der Waals surface area (Å²) in [5.74, 6) is -1.91. The minimum Gasteiger partial charge on any atom is -0.463 e. The average Bonchev–Trinajstić information content (AvgIpc) is 3.37. The van der Waals surface area contributed by atoms with Gasteiger partial charge in [0, 0.05) is 29.5 Å². The molecule has 1 fully saturated rings. The average molecular weight is 353 g/mol. The molecule has 6 nitrogen and oxygen atoms in total. The van der Waals surface area contributed by atoms with Crippen molar-refractivity contribution in [3.05, 3.63) is 75.8 Å². The first kappa shape index (κ1) is 17.8. The van der Waals surface area contributed by atoms with Gasteiger partial charge >= 0.3 is 5.97 Å². The summed E-state index contributed by atoms with van der Waals surface area (Å²) >= 11 is 0. The third-order valence-electron chi connectivity index (χ3n) is 4.49. The van der Waals surface area contributed by atoms with Gasteiger partial charge in [-0.15, -0.1) is 0 Å². The van der Waals surface area contributed by atoms with Crippen molar-refractivity contribution in [2.75, 3.05) is 0 Å². The summed E-state index contributed by atoms with van der Waals surface area (Å²) in [6.45, 7) is 3.52. The molecular formula is C20H19NO5. The molecule has 1 aliphatic rings. The summed E-state index contributed by atoms with van der Waals surface area (Å²) in [5, 5.41) is 10.8. The predicted octanol–water partition coefficient (Wildman–Crippen LogP) is 3.76. The molecule has 0 bridgehead atoms. The van der Waals surface area contributed by atoms with Gasteiger partial charge in [0.1, 0.15) is 0 Å². The fraction of sp³-hybridized carbons (Fsp3) is 0.300. The lowest BCUT2D eigenvalue weighted by Crippen LogP contribution is -2.16. The lowest BCUT2D eigenvalue weighted by atomic mass is 10.0. The molecule has 3 rings (SSSR count). The first-order valence-electron chi connectivity index (χ1n) is 8.44. The Kier molecular flexibility index (Phi) is 4.84. The number of benzene rings is 2.